The van der Waals surface area contributed by atoms with Crippen LogP contribution in [0.15, 0.2) is 24.3 Å². The Labute approximate surface area is 122 Å². The van der Waals surface area contributed by atoms with E-state index >= 15 is 0 Å². The molecule has 0 radical (unpaired) electrons. The van der Waals surface area contributed by atoms with E-state index in [0.717, 1.165) is 24.1 Å². The van der Waals surface area contributed by atoms with E-state index in [1.165, 1.54) is 0 Å². The number of hydrogen-bond donors (Lipinski definition) is 1. The molecule has 4 nitrogen and oxygen atoms in total. The van der Waals surface area contributed by atoms with Crippen molar-refractivity contribution in [3.8, 4) is 0 Å². The average Bonchev–Trinajstić information content (AvgIpc) is 2.72. The number of rotatable bonds is 5. The van der Waals surface area contributed by atoms with Crippen LogP contribution in [-0.4, -0.2) is 32.4 Å². The molecule has 112 valence electrons. The molecular formula is C15H24N2O2S. The zero-order valence-electron chi connectivity index (χ0n) is 12.5. The Morgan fingerprint density at radius 1 is 1.20 bits per heavy atom. The van der Waals surface area contributed by atoms with Crippen molar-refractivity contribution in [2.45, 2.75) is 38.6 Å². The van der Waals surface area contributed by atoms with Gasteiger partial charge in [-0.05, 0) is 37.4 Å². The Kier molecular flexibility index (Phi) is 4.83. The highest BCUT2D eigenvalue weighted by Crippen LogP contribution is 2.27. The minimum absolute atomic E-state index is 0.101. The van der Waals surface area contributed by atoms with Crippen molar-refractivity contribution in [3.05, 3.63) is 35.4 Å². The molecule has 1 saturated heterocycles. The lowest BCUT2D eigenvalue weighted by atomic mass is 10.1. The maximum Gasteiger partial charge on any atom is 0.218 e. The third-order valence-corrected chi connectivity index (χ3v) is 5.76. The fourth-order valence-electron chi connectivity index (χ4n) is 2.90. The number of nitrogens with one attached hydrogen (secondary N) is 1. The molecule has 0 bridgehead atoms. The van der Waals surface area contributed by atoms with E-state index in [9.17, 15) is 8.42 Å². The van der Waals surface area contributed by atoms with E-state index in [0.29, 0.717) is 12.5 Å². The first kappa shape index (κ1) is 15.5. The molecule has 2 atom stereocenters. The Morgan fingerprint density at radius 3 is 2.30 bits per heavy atom. The van der Waals surface area contributed by atoms with Crippen molar-refractivity contribution >= 4 is 10.0 Å². The van der Waals surface area contributed by atoms with Crippen LogP contribution in [0, 0.1) is 5.92 Å². The highest BCUT2D eigenvalue weighted by atomic mass is 32.2. The molecule has 2 rings (SSSR count). The SMILES string of the molecule is CNCc1ccc(CS(=O)(=O)N2CC(C)CC2C)cc1. The van der Waals surface area contributed by atoms with Gasteiger partial charge in [-0.1, -0.05) is 31.2 Å². The molecule has 1 heterocycles. The van der Waals surface area contributed by atoms with Gasteiger partial charge in [0.05, 0.1) is 5.75 Å². The lowest BCUT2D eigenvalue weighted by molar-refractivity contribution is 0.405. The topological polar surface area (TPSA) is 49.4 Å². The predicted molar refractivity (Wildman–Crippen MR) is 81.8 cm³/mol. The van der Waals surface area contributed by atoms with Gasteiger partial charge in [-0.15, -0.1) is 0 Å². The summed E-state index contributed by atoms with van der Waals surface area (Å²) in [6.07, 6.45) is 0.959. The van der Waals surface area contributed by atoms with Crippen LogP contribution in [0.3, 0.4) is 0 Å². The van der Waals surface area contributed by atoms with Crippen molar-refractivity contribution in [2.24, 2.45) is 5.92 Å². The molecule has 1 N–H and O–H groups in total. The van der Waals surface area contributed by atoms with Crippen molar-refractivity contribution < 1.29 is 8.42 Å². The van der Waals surface area contributed by atoms with Gasteiger partial charge in [0.1, 0.15) is 0 Å². The summed E-state index contributed by atoms with van der Waals surface area (Å²) in [5.41, 5.74) is 2.02. The quantitative estimate of drug-likeness (QED) is 0.904. The summed E-state index contributed by atoms with van der Waals surface area (Å²) in [6, 6.07) is 7.91. The molecule has 5 heteroatoms. The van der Waals surface area contributed by atoms with Crippen LogP contribution in [0.5, 0.6) is 0 Å². The van der Waals surface area contributed by atoms with Gasteiger partial charge >= 0.3 is 0 Å². The average molecular weight is 296 g/mol. The molecule has 1 aliphatic rings. The van der Waals surface area contributed by atoms with Crippen LogP contribution in [-0.2, 0) is 22.3 Å². The van der Waals surface area contributed by atoms with Gasteiger partial charge in [-0.2, -0.15) is 4.31 Å². The largest absolute Gasteiger partial charge is 0.316 e. The second kappa shape index (κ2) is 6.24. The van der Waals surface area contributed by atoms with Crippen LogP contribution in [0.4, 0.5) is 0 Å². The molecular weight excluding hydrogens is 272 g/mol. The lowest BCUT2D eigenvalue weighted by Crippen LogP contribution is -2.34. The standard InChI is InChI=1S/C15H24N2O2S/c1-12-8-13(2)17(10-12)20(18,19)11-15-6-4-14(5-7-15)9-16-3/h4-7,12-13,16H,8-11H2,1-3H3. The number of benzene rings is 1. The number of nitrogens with zero attached hydrogens (tertiary/aromatic N) is 1. The fourth-order valence-corrected chi connectivity index (χ4v) is 4.80. The van der Waals surface area contributed by atoms with E-state index in [2.05, 4.69) is 12.2 Å². The van der Waals surface area contributed by atoms with Gasteiger partial charge in [-0.3, -0.25) is 0 Å². The molecule has 0 spiro atoms. The van der Waals surface area contributed by atoms with Crippen molar-refractivity contribution in [2.75, 3.05) is 13.6 Å². The highest BCUT2D eigenvalue weighted by molar-refractivity contribution is 7.88. The van der Waals surface area contributed by atoms with E-state index in [1.807, 2.05) is 38.2 Å². The Bertz CT molecular complexity index is 539. The summed E-state index contributed by atoms with van der Waals surface area (Å²) in [7, 11) is -1.31. The Hall–Kier alpha value is -0.910. The molecule has 0 saturated carbocycles. The molecule has 1 aliphatic heterocycles. The lowest BCUT2D eigenvalue weighted by Gasteiger charge is -2.21. The van der Waals surface area contributed by atoms with Crippen LogP contribution in [0.25, 0.3) is 0 Å². The summed E-state index contributed by atoms with van der Waals surface area (Å²) >= 11 is 0. The summed E-state index contributed by atoms with van der Waals surface area (Å²) in [4.78, 5) is 0. The summed E-state index contributed by atoms with van der Waals surface area (Å²) in [6.45, 7) is 5.56. The number of sulfonamides is 1. The summed E-state index contributed by atoms with van der Waals surface area (Å²) < 4.78 is 26.6. The molecule has 1 aromatic rings. The normalized spacial score (nSPS) is 24.1. The van der Waals surface area contributed by atoms with Crippen molar-refractivity contribution in [3.63, 3.8) is 0 Å². The van der Waals surface area contributed by atoms with Crippen LogP contribution in [0.1, 0.15) is 31.4 Å². The Morgan fingerprint density at radius 2 is 1.80 bits per heavy atom. The zero-order chi connectivity index (χ0) is 14.8. The Balaban J connectivity index is 2.08. The van der Waals surface area contributed by atoms with Crippen LogP contribution < -0.4 is 5.32 Å². The van der Waals surface area contributed by atoms with Gasteiger partial charge < -0.3 is 5.32 Å². The summed E-state index contributed by atoms with van der Waals surface area (Å²) in [5, 5.41) is 3.08. The van der Waals surface area contributed by atoms with Gasteiger partial charge in [-0.25, -0.2) is 8.42 Å². The van der Waals surface area contributed by atoms with Gasteiger partial charge in [0.25, 0.3) is 0 Å². The second-order valence-corrected chi connectivity index (χ2v) is 7.78. The maximum absolute atomic E-state index is 12.5. The minimum atomic E-state index is -3.20. The van der Waals surface area contributed by atoms with E-state index in [-0.39, 0.29) is 11.8 Å². The van der Waals surface area contributed by atoms with E-state index < -0.39 is 10.0 Å². The van der Waals surface area contributed by atoms with E-state index in [1.54, 1.807) is 4.31 Å². The second-order valence-electron chi connectivity index (χ2n) is 5.86. The molecule has 2 unspecified atom stereocenters. The van der Waals surface area contributed by atoms with E-state index in [4.69, 9.17) is 0 Å². The fraction of sp³-hybridized carbons (Fsp3) is 0.600. The van der Waals surface area contributed by atoms with Crippen molar-refractivity contribution in [1.29, 1.82) is 0 Å². The van der Waals surface area contributed by atoms with Crippen molar-refractivity contribution in [1.82, 2.24) is 9.62 Å². The smallest absolute Gasteiger partial charge is 0.218 e. The van der Waals surface area contributed by atoms with Crippen LogP contribution in [0.2, 0.25) is 0 Å². The minimum Gasteiger partial charge on any atom is -0.316 e. The molecule has 0 amide bonds. The third-order valence-electron chi connectivity index (χ3n) is 3.84. The molecule has 0 aliphatic carbocycles. The van der Waals surface area contributed by atoms with Gasteiger partial charge in [0.2, 0.25) is 10.0 Å². The highest BCUT2D eigenvalue weighted by Gasteiger charge is 2.34. The third kappa shape index (κ3) is 3.59. The molecule has 0 aromatic heterocycles. The van der Waals surface area contributed by atoms with Crippen LogP contribution >= 0.6 is 0 Å². The molecule has 1 fully saturated rings. The molecule has 1 aromatic carbocycles. The molecule has 20 heavy (non-hydrogen) atoms. The first-order valence-electron chi connectivity index (χ1n) is 7.14. The monoisotopic (exact) mass is 296 g/mol. The van der Waals surface area contributed by atoms with Gasteiger partial charge in [0.15, 0.2) is 0 Å². The predicted octanol–water partition coefficient (Wildman–Crippen LogP) is 1.97. The summed E-state index contributed by atoms with van der Waals surface area (Å²) in [5.74, 6) is 0.557. The number of hydrogen-bond acceptors (Lipinski definition) is 3. The first-order valence-corrected chi connectivity index (χ1v) is 8.75. The zero-order valence-corrected chi connectivity index (χ0v) is 13.3. The van der Waals surface area contributed by atoms with Gasteiger partial charge in [0, 0.05) is 19.1 Å². The first-order chi connectivity index (χ1) is 9.42. The maximum atomic E-state index is 12.5.